The van der Waals surface area contributed by atoms with Crippen LogP contribution in [0.3, 0.4) is 0 Å². The number of hydrogen-bond donors (Lipinski definition) is 0. The first-order valence-corrected chi connectivity index (χ1v) is 9.12. The molecule has 5 heteroatoms. The lowest BCUT2D eigenvalue weighted by atomic mass is 10.1. The summed E-state index contributed by atoms with van der Waals surface area (Å²) >= 11 is 0. The van der Waals surface area contributed by atoms with Crippen LogP contribution in [0.2, 0.25) is 0 Å². The minimum Gasteiger partial charge on any atom is -0.332 e. The van der Waals surface area contributed by atoms with Crippen LogP contribution < -0.4 is 0 Å². The van der Waals surface area contributed by atoms with Gasteiger partial charge in [-0.25, -0.2) is 4.68 Å². The van der Waals surface area contributed by atoms with Gasteiger partial charge in [0.15, 0.2) is 0 Å². The van der Waals surface area contributed by atoms with Crippen LogP contribution in [-0.4, -0.2) is 25.2 Å². The van der Waals surface area contributed by atoms with E-state index in [9.17, 15) is 4.79 Å². The maximum atomic E-state index is 12.5. The summed E-state index contributed by atoms with van der Waals surface area (Å²) in [4.78, 5) is 14.4. The Labute approximate surface area is 153 Å². The molecule has 0 atom stereocenters. The highest BCUT2D eigenvalue weighted by Gasteiger charge is 2.31. The predicted molar refractivity (Wildman–Crippen MR) is 101 cm³/mol. The van der Waals surface area contributed by atoms with Crippen molar-refractivity contribution in [3.63, 3.8) is 0 Å². The largest absolute Gasteiger partial charge is 0.332 e. The van der Waals surface area contributed by atoms with Crippen molar-refractivity contribution in [3.05, 3.63) is 65.6 Å². The van der Waals surface area contributed by atoms with Crippen LogP contribution in [-0.2, 0) is 17.9 Å². The number of fused-ring (bicyclic) bond motifs is 1. The number of benzene rings is 1. The second-order valence-corrected chi connectivity index (χ2v) is 7.44. The number of nitrogens with zero attached hydrogens (tertiary/aromatic N) is 4. The second-order valence-electron chi connectivity index (χ2n) is 7.44. The van der Waals surface area contributed by atoms with Gasteiger partial charge in [-0.15, -0.1) is 0 Å². The molecular formula is C21H24N4O. The first kappa shape index (κ1) is 16.6. The molecule has 5 nitrogen and oxygen atoms in total. The number of carbonyl (C=O) groups excluding carboxylic acids is 1. The molecule has 0 bridgehead atoms. The summed E-state index contributed by atoms with van der Waals surface area (Å²) in [6.45, 7) is 7.46. The fourth-order valence-electron chi connectivity index (χ4n) is 3.54. The Morgan fingerprint density at radius 3 is 2.62 bits per heavy atom. The molecule has 0 aliphatic carbocycles. The molecule has 1 aromatic carbocycles. The number of rotatable bonds is 4. The van der Waals surface area contributed by atoms with Gasteiger partial charge in [0.05, 0.1) is 24.5 Å². The summed E-state index contributed by atoms with van der Waals surface area (Å²) in [6, 6.07) is 12.4. The van der Waals surface area contributed by atoms with E-state index in [4.69, 9.17) is 5.10 Å². The molecule has 1 amide bonds. The maximum Gasteiger partial charge on any atom is 0.223 e. The highest BCUT2D eigenvalue weighted by molar-refractivity contribution is 5.77. The monoisotopic (exact) mass is 348 g/mol. The Morgan fingerprint density at radius 1 is 1.15 bits per heavy atom. The zero-order valence-electron chi connectivity index (χ0n) is 15.5. The minimum atomic E-state index is 0.207. The average molecular weight is 348 g/mol. The lowest BCUT2D eigenvalue weighted by Gasteiger charge is -2.18. The fraction of sp³-hybridized carbons (Fsp3) is 0.333. The number of hydrogen-bond acceptors (Lipinski definition) is 2. The zero-order valence-corrected chi connectivity index (χ0v) is 15.5. The summed E-state index contributed by atoms with van der Waals surface area (Å²) in [7, 11) is 0. The summed E-state index contributed by atoms with van der Waals surface area (Å²) in [5.74, 6) is 1.60. The third-order valence-electron chi connectivity index (χ3n) is 4.76. The lowest BCUT2D eigenvalue weighted by Crippen LogP contribution is -2.27. The second kappa shape index (κ2) is 6.48. The van der Waals surface area contributed by atoms with Gasteiger partial charge in [-0.2, -0.15) is 5.10 Å². The fourth-order valence-corrected chi connectivity index (χ4v) is 3.54. The number of carbonyl (C=O) groups is 1. The molecule has 0 fully saturated rings. The molecule has 0 saturated heterocycles. The van der Waals surface area contributed by atoms with Crippen LogP contribution in [0.1, 0.15) is 37.1 Å². The predicted octanol–water partition coefficient (Wildman–Crippen LogP) is 3.86. The summed E-state index contributed by atoms with van der Waals surface area (Å²) in [5, 5.41) is 4.87. The minimum absolute atomic E-state index is 0.207. The molecule has 0 saturated carbocycles. The molecule has 2 aromatic heterocycles. The van der Waals surface area contributed by atoms with Crippen LogP contribution in [0.15, 0.2) is 48.8 Å². The van der Waals surface area contributed by atoms with Gasteiger partial charge in [-0.3, -0.25) is 4.79 Å². The van der Waals surface area contributed by atoms with Gasteiger partial charge < -0.3 is 9.47 Å². The van der Waals surface area contributed by atoms with Crippen LogP contribution in [0, 0.1) is 12.8 Å². The SMILES string of the molecule is Cc1cccc(-n2nc3c(c2-n2cccc2)CN(C(=O)CC(C)C)C3)c1. The van der Waals surface area contributed by atoms with Gasteiger partial charge in [-0.05, 0) is 42.7 Å². The van der Waals surface area contributed by atoms with Crippen LogP contribution in [0.4, 0.5) is 0 Å². The molecule has 0 N–H and O–H groups in total. The molecule has 4 rings (SSSR count). The molecule has 0 radical (unpaired) electrons. The van der Waals surface area contributed by atoms with Gasteiger partial charge in [0.25, 0.3) is 0 Å². The maximum absolute atomic E-state index is 12.5. The van der Waals surface area contributed by atoms with Gasteiger partial charge in [0.2, 0.25) is 5.91 Å². The van der Waals surface area contributed by atoms with E-state index in [0.717, 1.165) is 22.8 Å². The third kappa shape index (κ3) is 2.94. The molecule has 1 aliphatic rings. The van der Waals surface area contributed by atoms with E-state index < -0.39 is 0 Å². The van der Waals surface area contributed by atoms with Gasteiger partial charge >= 0.3 is 0 Å². The van der Waals surface area contributed by atoms with E-state index >= 15 is 0 Å². The Hall–Kier alpha value is -2.82. The van der Waals surface area contributed by atoms with Gasteiger partial charge in [0.1, 0.15) is 5.82 Å². The standard InChI is InChI=1S/C21H24N4O/c1-15(2)11-20(26)24-13-18-19(14-24)22-25(17-8-6-7-16(3)12-17)21(18)23-9-4-5-10-23/h4-10,12,15H,11,13-14H2,1-3H3. The molecular weight excluding hydrogens is 324 g/mol. The number of amides is 1. The quantitative estimate of drug-likeness (QED) is 0.718. The van der Waals surface area contributed by atoms with Crippen molar-refractivity contribution in [2.75, 3.05) is 0 Å². The highest BCUT2D eigenvalue weighted by Crippen LogP contribution is 2.31. The Morgan fingerprint density at radius 2 is 1.92 bits per heavy atom. The van der Waals surface area contributed by atoms with Crippen molar-refractivity contribution in [1.29, 1.82) is 0 Å². The average Bonchev–Trinajstić information content (AvgIpc) is 3.29. The Kier molecular flexibility index (Phi) is 4.15. The highest BCUT2D eigenvalue weighted by atomic mass is 16.2. The summed E-state index contributed by atoms with van der Waals surface area (Å²) in [5.41, 5.74) is 4.38. The van der Waals surface area contributed by atoms with Crippen molar-refractivity contribution >= 4 is 5.91 Å². The molecule has 1 aliphatic heterocycles. The zero-order chi connectivity index (χ0) is 18.3. The molecule has 26 heavy (non-hydrogen) atoms. The van der Waals surface area contributed by atoms with Crippen LogP contribution >= 0.6 is 0 Å². The Bertz CT molecular complexity index is 937. The van der Waals surface area contributed by atoms with Crippen molar-refractivity contribution in [2.24, 2.45) is 5.92 Å². The van der Waals surface area contributed by atoms with E-state index in [1.54, 1.807) is 0 Å². The van der Waals surface area contributed by atoms with E-state index in [-0.39, 0.29) is 5.91 Å². The van der Waals surface area contributed by atoms with E-state index in [2.05, 4.69) is 49.6 Å². The molecule has 3 aromatic rings. The van der Waals surface area contributed by atoms with Crippen molar-refractivity contribution in [1.82, 2.24) is 19.2 Å². The molecule has 0 unspecified atom stereocenters. The van der Waals surface area contributed by atoms with Crippen LogP contribution in [0.5, 0.6) is 0 Å². The third-order valence-corrected chi connectivity index (χ3v) is 4.76. The smallest absolute Gasteiger partial charge is 0.223 e. The summed E-state index contributed by atoms with van der Waals surface area (Å²) < 4.78 is 4.09. The van der Waals surface area contributed by atoms with Crippen molar-refractivity contribution in [3.8, 4) is 11.5 Å². The van der Waals surface area contributed by atoms with E-state index in [0.29, 0.717) is 25.4 Å². The summed E-state index contributed by atoms with van der Waals surface area (Å²) in [6.07, 6.45) is 4.64. The lowest BCUT2D eigenvalue weighted by molar-refractivity contribution is -0.132. The first-order chi connectivity index (χ1) is 12.5. The molecule has 3 heterocycles. The molecule has 134 valence electrons. The van der Waals surface area contributed by atoms with Crippen molar-refractivity contribution < 1.29 is 4.79 Å². The van der Waals surface area contributed by atoms with Crippen LogP contribution in [0.25, 0.3) is 11.5 Å². The molecule has 0 spiro atoms. The van der Waals surface area contributed by atoms with E-state index in [1.807, 2.05) is 34.1 Å². The number of aryl methyl sites for hydroxylation is 1. The first-order valence-electron chi connectivity index (χ1n) is 9.12. The van der Waals surface area contributed by atoms with Gasteiger partial charge in [-0.1, -0.05) is 26.0 Å². The van der Waals surface area contributed by atoms with Crippen molar-refractivity contribution in [2.45, 2.75) is 40.3 Å². The number of aromatic nitrogens is 3. The van der Waals surface area contributed by atoms with E-state index in [1.165, 1.54) is 5.56 Å². The van der Waals surface area contributed by atoms with Gasteiger partial charge in [0, 0.05) is 24.4 Å². The topological polar surface area (TPSA) is 43.1 Å². The normalized spacial score (nSPS) is 13.5. The Balaban J connectivity index is 1.75.